The van der Waals surface area contributed by atoms with Crippen LogP contribution in [-0.2, 0) is 4.79 Å². The normalized spacial score (nSPS) is 27.8. The molecule has 2 atom stereocenters. The number of nitrogens with two attached hydrogens (primary N) is 1. The molecule has 0 aromatic heterocycles. The molecule has 7 heteroatoms. The SMILES string of the molecule is NC1CCCC(C(=O)NCCC2CCN(CC(F)(F)F)CC2)C1. The second-order valence-corrected chi connectivity index (χ2v) is 7.04. The van der Waals surface area contributed by atoms with Crippen molar-refractivity contribution in [3.8, 4) is 0 Å². The first-order valence-electron chi connectivity index (χ1n) is 8.66. The van der Waals surface area contributed by atoms with Crippen molar-refractivity contribution in [1.82, 2.24) is 10.2 Å². The Morgan fingerprint density at radius 3 is 2.48 bits per heavy atom. The molecule has 0 spiro atoms. The second kappa shape index (κ2) is 8.33. The Bertz CT molecular complexity index is 381. The zero-order chi connectivity index (χ0) is 16.9. The fourth-order valence-corrected chi connectivity index (χ4v) is 3.70. The first kappa shape index (κ1) is 18.5. The number of hydrogen-bond donors (Lipinski definition) is 2. The second-order valence-electron chi connectivity index (χ2n) is 7.04. The molecule has 1 saturated heterocycles. The van der Waals surface area contributed by atoms with E-state index >= 15 is 0 Å². The number of carbonyl (C=O) groups is 1. The summed E-state index contributed by atoms with van der Waals surface area (Å²) in [6.07, 6.45) is 1.99. The lowest BCUT2D eigenvalue weighted by Crippen LogP contribution is -2.41. The van der Waals surface area contributed by atoms with E-state index in [4.69, 9.17) is 5.73 Å². The van der Waals surface area contributed by atoms with Crippen LogP contribution in [0.4, 0.5) is 13.2 Å². The van der Waals surface area contributed by atoms with Crippen molar-refractivity contribution in [2.75, 3.05) is 26.2 Å². The van der Waals surface area contributed by atoms with Gasteiger partial charge in [0.15, 0.2) is 0 Å². The van der Waals surface area contributed by atoms with Crippen molar-refractivity contribution in [2.24, 2.45) is 17.6 Å². The van der Waals surface area contributed by atoms with Crippen molar-refractivity contribution in [3.63, 3.8) is 0 Å². The van der Waals surface area contributed by atoms with Crippen molar-refractivity contribution >= 4 is 5.91 Å². The van der Waals surface area contributed by atoms with E-state index in [0.717, 1.165) is 44.9 Å². The third kappa shape index (κ3) is 6.67. The monoisotopic (exact) mass is 335 g/mol. The summed E-state index contributed by atoms with van der Waals surface area (Å²) >= 11 is 0. The molecule has 0 radical (unpaired) electrons. The summed E-state index contributed by atoms with van der Waals surface area (Å²) in [5.74, 6) is 0.537. The van der Waals surface area contributed by atoms with Crippen LogP contribution < -0.4 is 11.1 Å². The number of hydrogen-bond acceptors (Lipinski definition) is 3. The molecule has 1 aliphatic heterocycles. The molecule has 2 aliphatic rings. The highest BCUT2D eigenvalue weighted by molar-refractivity contribution is 5.78. The van der Waals surface area contributed by atoms with Gasteiger partial charge < -0.3 is 11.1 Å². The number of carbonyl (C=O) groups excluding carboxylic acids is 1. The van der Waals surface area contributed by atoms with Crippen molar-refractivity contribution in [3.05, 3.63) is 0 Å². The van der Waals surface area contributed by atoms with Gasteiger partial charge in [-0.3, -0.25) is 9.69 Å². The molecule has 4 nitrogen and oxygen atoms in total. The zero-order valence-electron chi connectivity index (χ0n) is 13.6. The van der Waals surface area contributed by atoms with E-state index in [-0.39, 0.29) is 17.9 Å². The highest BCUT2D eigenvalue weighted by atomic mass is 19.4. The molecule has 2 rings (SSSR count). The number of piperidine rings is 1. The Labute approximate surface area is 136 Å². The molecule has 1 amide bonds. The van der Waals surface area contributed by atoms with Crippen LogP contribution in [-0.4, -0.2) is 49.2 Å². The van der Waals surface area contributed by atoms with Crippen LogP contribution in [0.15, 0.2) is 0 Å². The van der Waals surface area contributed by atoms with E-state index in [2.05, 4.69) is 5.32 Å². The van der Waals surface area contributed by atoms with Crippen molar-refractivity contribution in [2.45, 2.75) is 57.2 Å². The molecule has 2 fully saturated rings. The number of alkyl halides is 3. The summed E-state index contributed by atoms with van der Waals surface area (Å²) in [6.45, 7) is 0.804. The minimum Gasteiger partial charge on any atom is -0.356 e. The standard InChI is InChI=1S/C16H28F3N3O/c17-16(18,19)11-22-8-5-12(6-9-22)4-7-21-15(23)13-2-1-3-14(20)10-13/h12-14H,1-11,20H2,(H,21,23). The summed E-state index contributed by atoms with van der Waals surface area (Å²) in [5.41, 5.74) is 5.90. The molecular weight excluding hydrogens is 307 g/mol. The van der Waals surface area contributed by atoms with Gasteiger partial charge in [0.05, 0.1) is 6.54 Å². The average molecular weight is 335 g/mol. The Morgan fingerprint density at radius 2 is 1.87 bits per heavy atom. The molecule has 0 bridgehead atoms. The van der Waals surface area contributed by atoms with Gasteiger partial charge in [-0.1, -0.05) is 6.42 Å². The molecule has 1 saturated carbocycles. The van der Waals surface area contributed by atoms with Crippen molar-refractivity contribution in [1.29, 1.82) is 0 Å². The van der Waals surface area contributed by atoms with Crippen LogP contribution >= 0.6 is 0 Å². The fraction of sp³-hybridized carbons (Fsp3) is 0.938. The third-order valence-electron chi connectivity index (χ3n) is 5.05. The lowest BCUT2D eigenvalue weighted by molar-refractivity contribution is -0.148. The predicted molar refractivity (Wildman–Crippen MR) is 82.8 cm³/mol. The van der Waals surface area contributed by atoms with Gasteiger partial charge in [-0.25, -0.2) is 0 Å². The first-order chi connectivity index (χ1) is 10.8. The summed E-state index contributed by atoms with van der Waals surface area (Å²) in [4.78, 5) is 13.6. The Kier molecular flexibility index (Phi) is 6.71. The molecule has 3 N–H and O–H groups in total. The number of halogens is 3. The Balaban J connectivity index is 1.59. The molecular formula is C16H28F3N3O. The number of nitrogens with one attached hydrogen (secondary N) is 1. The highest BCUT2D eigenvalue weighted by Gasteiger charge is 2.32. The van der Waals surface area contributed by atoms with Crippen LogP contribution in [0.3, 0.4) is 0 Å². The minimum absolute atomic E-state index is 0.0346. The van der Waals surface area contributed by atoms with Gasteiger partial charge >= 0.3 is 6.18 Å². The van der Waals surface area contributed by atoms with Gasteiger partial charge in [-0.2, -0.15) is 13.2 Å². The quantitative estimate of drug-likeness (QED) is 0.810. The fourth-order valence-electron chi connectivity index (χ4n) is 3.70. The maximum atomic E-state index is 12.3. The average Bonchev–Trinajstić information content (AvgIpc) is 2.47. The van der Waals surface area contributed by atoms with Crippen LogP contribution in [0.2, 0.25) is 0 Å². The van der Waals surface area contributed by atoms with E-state index in [1.54, 1.807) is 0 Å². The minimum atomic E-state index is -4.11. The van der Waals surface area contributed by atoms with Crippen LogP contribution in [0.25, 0.3) is 0 Å². The van der Waals surface area contributed by atoms with Gasteiger partial charge in [0, 0.05) is 18.5 Å². The Morgan fingerprint density at radius 1 is 1.17 bits per heavy atom. The van der Waals surface area contributed by atoms with Crippen LogP contribution in [0, 0.1) is 11.8 Å². The summed E-state index contributed by atoms with van der Waals surface area (Å²) < 4.78 is 37.0. The molecule has 2 unspecified atom stereocenters. The number of likely N-dealkylation sites (tertiary alicyclic amines) is 1. The summed E-state index contributed by atoms with van der Waals surface area (Å²) in [5, 5.41) is 2.98. The number of rotatable bonds is 5. The van der Waals surface area contributed by atoms with Gasteiger partial charge in [0.25, 0.3) is 0 Å². The van der Waals surface area contributed by atoms with Gasteiger partial charge in [0.1, 0.15) is 0 Å². The van der Waals surface area contributed by atoms with E-state index in [1.807, 2.05) is 0 Å². The molecule has 0 aromatic carbocycles. The maximum absolute atomic E-state index is 12.3. The van der Waals surface area contributed by atoms with E-state index in [9.17, 15) is 18.0 Å². The molecule has 1 aliphatic carbocycles. The van der Waals surface area contributed by atoms with E-state index in [1.165, 1.54) is 4.90 Å². The highest BCUT2D eigenvalue weighted by Crippen LogP contribution is 2.25. The lowest BCUT2D eigenvalue weighted by atomic mass is 9.85. The first-order valence-corrected chi connectivity index (χ1v) is 8.66. The largest absolute Gasteiger partial charge is 0.401 e. The zero-order valence-corrected chi connectivity index (χ0v) is 13.6. The molecule has 0 aromatic rings. The van der Waals surface area contributed by atoms with Crippen LogP contribution in [0.1, 0.15) is 44.9 Å². The summed E-state index contributed by atoms with van der Waals surface area (Å²) in [6, 6.07) is 0.137. The Hall–Kier alpha value is -0.820. The van der Waals surface area contributed by atoms with Gasteiger partial charge in [-0.15, -0.1) is 0 Å². The molecule has 134 valence electrons. The lowest BCUT2D eigenvalue weighted by Gasteiger charge is -2.32. The maximum Gasteiger partial charge on any atom is 0.401 e. The topological polar surface area (TPSA) is 58.4 Å². The van der Waals surface area contributed by atoms with E-state index < -0.39 is 12.7 Å². The molecule has 23 heavy (non-hydrogen) atoms. The van der Waals surface area contributed by atoms with E-state index in [0.29, 0.717) is 25.6 Å². The smallest absolute Gasteiger partial charge is 0.356 e. The van der Waals surface area contributed by atoms with Crippen LogP contribution in [0.5, 0.6) is 0 Å². The third-order valence-corrected chi connectivity index (χ3v) is 5.05. The van der Waals surface area contributed by atoms with Gasteiger partial charge in [-0.05, 0) is 57.5 Å². The number of nitrogens with zero attached hydrogens (tertiary/aromatic N) is 1. The van der Waals surface area contributed by atoms with Gasteiger partial charge in [0.2, 0.25) is 5.91 Å². The molecule has 1 heterocycles. The summed E-state index contributed by atoms with van der Waals surface area (Å²) in [7, 11) is 0. The van der Waals surface area contributed by atoms with Crippen molar-refractivity contribution < 1.29 is 18.0 Å². The number of amides is 1. The predicted octanol–water partition coefficient (Wildman–Crippen LogP) is 2.28.